The summed E-state index contributed by atoms with van der Waals surface area (Å²) in [5, 5.41) is 3.98. The van der Waals surface area contributed by atoms with Crippen molar-refractivity contribution in [1.29, 1.82) is 0 Å². The van der Waals surface area contributed by atoms with E-state index in [0.29, 0.717) is 11.6 Å². The maximum absolute atomic E-state index is 12.6. The number of aromatic amines is 1. The largest absolute Gasteiger partial charge is 0.340 e. The molecule has 1 amide bonds. The Morgan fingerprint density at radius 2 is 2.13 bits per heavy atom. The fraction of sp³-hybridized carbons (Fsp3) is 0.412. The van der Waals surface area contributed by atoms with Crippen molar-refractivity contribution in [3.05, 3.63) is 40.7 Å². The average molecular weight is 331 g/mol. The number of nitrogens with one attached hydrogen (secondary N) is 2. The second kappa shape index (κ2) is 5.98. The van der Waals surface area contributed by atoms with E-state index in [4.69, 9.17) is 16.6 Å². The molecule has 6 heteroatoms. The Morgan fingerprint density at radius 1 is 1.30 bits per heavy atom. The van der Waals surface area contributed by atoms with E-state index in [-0.39, 0.29) is 11.8 Å². The molecule has 120 valence electrons. The monoisotopic (exact) mass is 330 g/mol. The van der Waals surface area contributed by atoms with Crippen molar-refractivity contribution in [2.45, 2.75) is 19.4 Å². The van der Waals surface area contributed by atoms with Gasteiger partial charge in [-0.2, -0.15) is 0 Å². The Kier molecular flexibility index (Phi) is 3.83. The number of H-pyrrole nitrogens is 1. The molecule has 2 N–H and O–H groups in total. The van der Waals surface area contributed by atoms with Crippen molar-refractivity contribution in [2.75, 3.05) is 19.6 Å². The third kappa shape index (κ3) is 2.86. The van der Waals surface area contributed by atoms with Gasteiger partial charge in [0.15, 0.2) is 0 Å². The minimum absolute atomic E-state index is 0.134. The van der Waals surface area contributed by atoms with Crippen molar-refractivity contribution in [2.24, 2.45) is 5.92 Å². The second-order valence-electron chi connectivity index (χ2n) is 6.22. The molecule has 2 aliphatic rings. The van der Waals surface area contributed by atoms with Gasteiger partial charge < -0.3 is 15.2 Å². The summed E-state index contributed by atoms with van der Waals surface area (Å²) in [4.78, 5) is 22.6. The summed E-state index contributed by atoms with van der Waals surface area (Å²) >= 11 is 5.94. The van der Waals surface area contributed by atoms with Crippen LogP contribution in [0.3, 0.4) is 0 Å². The molecule has 0 aliphatic carbocycles. The fourth-order valence-corrected chi connectivity index (χ4v) is 3.48. The highest BCUT2D eigenvalue weighted by molar-refractivity contribution is 6.30. The van der Waals surface area contributed by atoms with Crippen molar-refractivity contribution in [3.8, 4) is 11.4 Å². The third-order valence-corrected chi connectivity index (χ3v) is 4.92. The maximum Gasteiger partial charge on any atom is 0.227 e. The SMILES string of the molecule is O=C([C@@H]1CCNC1)N1CCc2nc(-c3ccc(Cl)cc3)[nH]c2C1. The highest BCUT2D eigenvalue weighted by Crippen LogP contribution is 2.25. The summed E-state index contributed by atoms with van der Waals surface area (Å²) in [6.45, 7) is 3.14. The molecule has 2 aromatic rings. The zero-order valence-electron chi connectivity index (χ0n) is 12.8. The Morgan fingerprint density at radius 3 is 2.87 bits per heavy atom. The number of hydrogen-bond donors (Lipinski definition) is 2. The standard InChI is InChI=1S/C17H19ClN4O/c18-13-3-1-11(2-4-13)16-20-14-6-8-22(10-15(14)21-16)17(23)12-5-7-19-9-12/h1-4,12,19H,5-10H2,(H,20,21)/t12-/m1/s1. The zero-order chi connectivity index (χ0) is 15.8. The lowest BCUT2D eigenvalue weighted by atomic mass is 10.0. The number of hydrogen-bond acceptors (Lipinski definition) is 3. The number of benzene rings is 1. The number of imidazole rings is 1. The number of aromatic nitrogens is 2. The third-order valence-electron chi connectivity index (χ3n) is 4.67. The van der Waals surface area contributed by atoms with E-state index in [9.17, 15) is 4.79 Å². The van der Waals surface area contributed by atoms with Crippen LogP contribution in [0.25, 0.3) is 11.4 Å². The Balaban J connectivity index is 1.53. The van der Waals surface area contributed by atoms with Gasteiger partial charge in [0.25, 0.3) is 0 Å². The van der Waals surface area contributed by atoms with Gasteiger partial charge in [0.05, 0.1) is 23.9 Å². The van der Waals surface area contributed by atoms with Crippen LogP contribution in [0.2, 0.25) is 5.02 Å². The van der Waals surface area contributed by atoms with E-state index >= 15 is 0 Å². The molecule has 1 atom stereocenters. The topological polar surface area (TPSA) is 61.0 Å². The first kappa shape index (κ1) is 14.7. The fourth-order valence-electron chi connectivity index (χ4n) is 3.35. The van der Waals surface area contributed by atoms with Crippen LogP contribution in [0, 0.1) is 5.92 Å². The van der Waals surface area contributed by atoms with Crippen LogP contribution in [-0.4, -0.2) is 40.4 Å². The predicted molar refractivity (Wildman–Crippen MR) is 89.1 cm³/mol. The molecule has 0 unspecified atom stereocenters. The van der Waals surface area contributed by atoms with E-state index in [1.807, 2.05) is 29.2 Å². The minimum atomic E-state index is 0.134. The lowest BCUT2D eigenvalue weighted by Gasteiger charge is -2.28. The first-order valence-corrected chi connectivity index (χ1v) is 8.42. The van der Waals surface area contributed by atoms with Crippen LogP contribution in [-0.2, 0) is 17.8 Å². The van der Waals surface area contributed by atoms with Crippen LogP contribution < -0.4 is 5.32 Å². The van der Waals surface area contributed by atoms with Gasteiger partial charge in [-0.25, -0.2) is 4.98 Å². The molecular weight excluding hydrogens is 312 g/mol. The number of nitrogens with zero attached hydrogens (tertiary/aromatic N) is 2. The summed E-state index contributed by atoms with van der Waals surface area (Å²) < 4.78 is 0. The number of amides is 1. The molecule has 1 aromatic heterocycles. The van der Waals surface area contributed by atoms with Gasteiger partial charge in [-0.3, -0.25) is 4.79 Å². The number of rotatable bonds is 2. The molecular formula is C17H19ClN4O. The van der Waals surface area contributed by atoms with Gasteiger partial charge in [-0.1, -0.05) is 11.6 Å². The number of halogens is 1. The van der Waals surface area contributed by atoms with Crippen LogP contribution in [0.1, 0.15) is 17.8 Å². The molecule has 1 aromatic carbocycles. The summed E-state index contributed by atoms with van der Waals surface area (Å²) in [6.07, 6.45) is 1.76. The molecule has 23 heavy (non-hydrogen) atoms. The van der Waals surface area contributed by atoms with E-state index in [1.165, 1.54) is 0 Å². The Bertz CT molecular complexity index is 719. The van der Waals surface area contributed by atoms with Gasteiger partial charge in [-0.15, -0.1) is 0 Å². The highest BCUT2D eigenvalue weighted by Gasteiger charge is 2.30. The molecule has 0 spiro atoms. The van der Waals surface area contributed by atoms with E-state index < -0.39 is 0 Å². The van der Waals surface area contributed by atoms with Gasteiger partial charge in [0, 0.05) is 30.1 Å². The number of carbonyl (C=O) groups excluding carboxylic acids is 1. The van der Waals surface area contributed by atoms with E-state index in [1.54, 1.807) is 0 Å². The first-order chi connectivity index (χ1) is 11.2. The molecule has 1 fully saturated rings. The molecule has 2 aliphatic heterocycles. The van der Waals surface area contributed by atoms with E-state index in [2.05, 4.69) is 10.3 Å². The van der Waals surface area contributed by atoms with Crippen LogP contribution in [0.15, 0.2) is 24.3 Å². The predicted octanol–water partition coefficient (Wildman–Crippen LogP) is 2.22. The van der Waals surface area contributed by atoms with Crippen LogP contribution in [0.5, 0.6) is 0 Å². The lowest BCUT2D eigenvalue weighted by Crippen LogP contribution is -2.40. The van der Waals surface area contributed by atoms with Crippen molar-refractivity contribution in [1.82, 2.24) is 20.2 Å². The summed E-state index contributed by atoms with van der Waals surface area (Å²) in [6, 6.07) is 7.64. The summed E-state index contributed by atoms with van der Waals surface area (Å²) in [5.41, 5.74) is 3.14. The molecule has 4 rings (SSSR count). The maximum atomic E-state index is 12.6. The molecule has 0 radical (unpaired) electrons. The highest BCUT2D eigenvalue weighted by atomic mass is 35.5. The first-order valence-electron chi connectivity index (χ1n) is 8.04. The zero-order valence-corrected chi connectivity index (χ0v) is 13.6. The quantitative estimate of drug-likeness (QED) is 0.887. The average Bonchev–Trinajstić information content (AvgIpc) is 3.23. The molecule has 1 saturated heterocycles. The van der Waals surface area contributed by atoms with Gasteiger partial charge in [0.2, 0.25) is 5.91 Å². The molecule has 0 bridgehead atoms. The molecule has 3 heterocycles. The van der Waals surface area contributed by atoms with Crippen molar-refractivity contribution in [3.63, 3.8) is 0 Å². The summed E-state index contributed by atoms with van der Waals surface area (Å²) in [7, 11) is 0. The number of carbonyl (C=O) groups is 1. The Labute approximate surface area is 140 Å². The summed E-state index contributed by atoms with van der Waals surface area (Å²) in [5.74, 6) is 1.25. The van der Waals surface area contributed by atoms with Crippen molar-refractivity contribution >= 4 is 17.5 Å². The number of fused-ring (bicyclic) bond motifs is 1. The Hall–Kier alpha value is -1.85. The van der Waals surface area contributed by atoms with E-state index in [0.717, 1.165) is 55.3 Å². The smallest absolute Gasteiger partial charge is 0.227 e. The van der Waals surface area contributed by atoms with Crippen LogP contribution in [0.4, 0.5) is 0 Å². The molecule has 0 saturated carbocycles. The van der Waals surface area contributed by atoms with Crippen LogP contribution >= 0.6 is 11.6 Å². The molecule has 5 nitrogen and oxygen atoms in total. The van der Waals surface area contributed by atoms with Gasteiger partial charge in [-0.05, 0) is 37.2 Å². The van der Waals surface area contributed by atoms with Crippen molar-refractivity contribution < 1.29 is 4.79 Å². The lowest BCUT2D eigenvalue weighted by molar-refractivity contribution is -0.135. The second-order valence-corrected chi connectivity index (χ2v) is 6.65. The van der Waals surface area contributed by atoms with Gasteiger partial charge in [0.1, 0.15) is 5.82 Å². The normalized spacial score (nSPS) is 20.6. The van der Waals surface area contributed by atoms with Gasteiger partial charge >= 0.3 is 0 Å². The minimum Gasteiger partial charge on any atom is -0.340 e.